The quantitative estimate of drug-likeness (QED) is 0.484. The zero-order chi connectivity index (χ0) is 25.9. The van der Waals surface area contributed by atoms with E-state index in [1.54, 1.807) is 6.07 Å². The maximum atomic E-state index is 13.5. The van der Waals surface area contributed by atoms with Crippen molar-refractivity contribution in [2.45, 2.75) is 32.6 Å². The van der Waals surface area contributed by atoms with E-state index in [2.05, 4.69) is 9.88 Å². The van der Waals surface area contributed by atoms with Gasteiger partial charge >= 0.3 is 5.97 Å². The lowest BCUT2D eigenvalue weighted by atomic mass is 9.91. The van der Waals surface area contributed by atoms with Crippen LogP contribution in [0.5, 0.6) is 0 Å². The lowest BCUT2D eigenvalue weighted by Crippen LogP contribution is -2.48. The molecule has 0 bridgehead atoms. The van der Waals surface area contributed by atoms with E-state index in [0.29, 0.717) is 56.3 Å². The van der Waals surface area contributed by atoms with Crippen LogP contribution in [0.2, 0.25) is 5.02 Å². The number of hydrogen-bond acceptors (Lipinski definition) is 5. The van der Waals surface area contributed by atoms with Crippen molar-refractivity contribution in [3.63, 3.8) is 0 Å². The van der Waals surface area contributed by atoms with Gasteiger partial charge in [0.15, 0.2) is 0 Å². The van der Waals surface area contributed by atoms with Crippen LogP contribution >= 0.6 is 11.6 Å². The molecule has 2 saturated heterocycles. The zero-order valence-electron chi connectivity index (χ0n) is 21.0. The van der Waals surface area contributed by atoms with Crippen LogP contribution in [-0.2, 0) is 14.3 Å². The Balaban J connectivity index is 1.42. The molecule has 7 nitrogen and oxygen atoms in total. The highest BCUT2D eigenvalue weighted by Crippen LogP contribution is 2.37. The van der Waals surface area contributed by atoms with Gasteiger partial charge in [-0.3, -0.25) is 14.4 Å². The molecule has 0 spiro atoms. The van der Waals surface area contributed by atoms with Crippen LogP contribution in [0.3, 0.4) is 0 Å². The number of fused-ring (bicyclic) bond motifs is 1. The largest absolute Gasteiger partial charge is 0.466 e. The highest BCUT2D eigenvalue weighted by atomic mass is 35.5. The minimum atomic E-state index is -0.203. The SMILES string of the molecule is CCOC(=O)C1CCN(C(=O)[C@@H]2CCCN(c3c(-c4ccccc4)c4cc(Cl)ccc4[nH]c3=O)C2)CC1. The van der Waals surface area contributed by atoms with Gasteiger partial charge in [0.25, 0.3) is 5.56 Å². The van der Waals surface area contributed by atoms with E-state index in [9.17, 15) is 14.4 Å². The number of anilines is 1. The van der Waals surface area contributed by atoms with Crippen LogP contribution in [0.15, 0.2) is 53.3 Å². The average Bonchev–Trinajstić information content (AvgIpc) is 2.93. The van der Waals surface area contributed by atoms with Gasteiger partial charge in [-0.25, -0.2) is 0 Å². The molecule has 0 radical (unpaired) electrons. The Morgan fingerprint density at radius 1 is 1.03 bits per heavy atom. The number of carbonyl (C=O) groups is 2. The van der Waals surface area contributed by atoms with E-state index in [4.69, 9.17) is 16.3 Å². The van der Waals surface area contributed by atoms with Crippen LogP contribution in [0.4, 0.5) is 5.69 Å². The number of benzene rings is 2. The minimum Gasteiger partial charge on any atom is -0.466 e. The van der Waals surface area contributed by atoms with Crippen molar-refractivity contribution < 1.29 is 14.3 Å². The first-order valence-corrected chi connectivity index (χ1v) is 13.5. The molecule has 3 heterocycles. The van der Waals surface area contributed by atoms with E-state index in [0.717, 1.165) is 34.9 Å². The highest BCUT2D eigenvalue weighted by Gasteiger charge is 2.34. The number of ether oxygens (including phenoxy) is 1. The van der Waals surface area contributed by atoms with Crippen molar-refractivity contribution in [3.8, 4) is 11.1 Å². The van der Waals surface area contributed by atoms with E-state index in [1.807, 2.05) is 54.3 Å². The van der Waals surface area contributed by atoms with Crippen LogP contribution in [0, 0.1) is 11.8 Å². The average molecular weight is 522 g/mol. The Morgan fingerprint density at radius 2 is 1.78 bits per heavy atom. The molecule has 194 valence electrons. The molecule has 0 saturated carbocycles. The summed E-state index contributed by atoms with van der Waals surface area (Å²) < 4.78 is 5.16. The summed E-state index contributed by atoms with van der Waals surface area (Å²) in [6, 6.07) is 15.4. The molecule has 1 atom stereocenters. The van der Waals surface area contributed by atoms with Gasteiger partial charge in [-0.15, -0.1) is 0 Å². The maximum Gasteiger partial charge on any atom is 0.309 e. The topological polar surface area (TPSA) is 82.7 Å². The molecule has 37 heavy (non-hydrogen) atoms. The number of nitrogens with zero attached hydrogens (tertiary/aromatic N) is 2. The molecule has 8 heteroatoms. The normalized spacial score (nSPS) is 18.7. The summed E-state index contributed by atoms with van der Waals surface area (Å²) in [5, 5.41) is 1.48. The van der Waals surface area contributed by atoms with Crippen molar-refractivity contribution in [3.05, 3.63) is 63.9 Å². The van der Waals surface area contributed by atoms with Crippen molar-refractivity contribution in [1.82, 2.24) is 9.88 Å². The monoisotopic (exact) mass is 521 g/mol. The summed E-state index contributed by atoms with van der Waals surface area (Å²) in [5.74, 6) is -0.398. The zero-order valence-corrected chi connectivity index (χ0v) is 21.8. The summed E-state index contributed by atoms with van der Waals surface area (Å²) in [6.07, 6.45) is 2.86. The number of hydrogen-bond donors (Lipinski definition) is 1. The fourth-order valence-electron chi connectivity index (χ4n) is 5.69. The van der Waals surface area contributed by atoms with E-state index in [-0.39, 0.29) is 29.3 Å². The van der Waals surface area contributed by atoms with Crippen molar-refractivity contribution in [2.24, 2.45) is 11.8 Å². The van der Waals surface area contributed by atoms with Crippen LogP contribution in [0.1, 0.15) is 32.6 Å². The van der Waals surface area contributed by atoms with Gasteiger partial charge in [-0.1, -0.05) is 41.9 Å². The summed E-state index contributed by atoms with van der Waals surface area (Å²) in [4.78, 5) is 46.1. The summed E-state index contributed by atoms with van der Waals surface area (Å²) >= 11 is 6.37. The number of carbonyl (C=O) groups excluding carboxylic acids is 2. The molecule has 1 aromatic heterocycles. The second-order valence-corrected chi connectivity index (χ2v) is 10.3. The third kappa shape index (κ3) is 5.23. The molecule has 1 amide bonds. The third-order valence-corrected chi connectivity index (χ3v) is 7.76. The lowest BCUT2D eigenvalue weighted by molar-refractivity contribution is -0.151. The maximum absolute atomic E-state index is 13.5. The molecule has 0 aliphatic carbocycles. The van der Waals surface area contributed by atoms with Crippen molar-refractivity contribution in [1.29, 1.82) is 0 Å². The number of halogens is 1. The number of aromatic nitrogens is 1. The summed E-state index contributed by atoms with van der Waals surface area (Å²) in [5.41, 5.74) is 2.91. The van der Waals surface area contributed by atoms with Crippen LogP contribution < -0.4 is 10.5 Å². The van der Waals surface area contributed by atoms with Gasteiger partial charge in [-0.05, 0) is 56.4 Å². The number of pyridine rings is 1. The van der Waals surface area contributed by atoms with Gasteiger partial charge in [0.05, 0.1) is 18.4 Å². The number of rotatable bonds is 5. The number of nitrogens with one attached hydrogen (secondary N) is 1. The van der Waals surface area contributed by atoms with Gasteiger partial charge in [-0.2, -0.15) is 0 Å². The fraction of sp³-hybridized carbons (Fsp3) is 0.414. The van der Waals surface area contributed by atoms with E-state index < -0.39 is 0 Å². The summed E-state index contributed by atoms with van der Waals surface area (Å²) in [7, 11) is 0. The molecule has 2 aliphatic rings. The third-order valence-electron chi connectivity index (χ3n) is 7.53. The number of esters is 1. The lowest BCUT2D eigenvalue weighted by Gasteiger charge is -2.38. The van der Waals surface area contributed by atoms with Gasteiger partial charge in [0.2, 0.25) is 5.91 Å². The predicted molar refractivity (Wildman–Crippen MR) is 146 cm³/mol. The van der Waals surface area contributed by atoms with Crippen LogP contribution in [-0.4, -0.2) is 54.5 Å². The predicted octanol–water partition coefficient (Wildman–Crippen LogP) is 4.87. The molecular formula is C29H32ClN3O4. The Kier molecular flexibility index (Phi) is 7.51. The van der Waals surface area contributed by atoms with E-state index in [1.165, 1.54) is 0 Å². The highest BCUT2D eigenvalue weighted by molar-refractivity contribution is 6.31. The molecule has 3 aromatic rings. The first kappa shape index (κ1) is 25.3. The number of likely N-dealkylation sites (tertiary alicyclic amines) is 1. The second kappa shape index (κ2) is 11.0. The van der Waals surface area contributed by atoms with E-state index >= 15 is 0 Å². The molecular weight excluding hydrogens is 490 g/mol. The molecule has 0 unspecified atom stereocenters. The van der Waals surface area contributed by atoms with Gasteiger partial charge in [0.1, 0.15) is 5.69 Å². The van der Waals surface area contributed by atoms with Gasteiger partial charge in [0, 0.05) is 47.7 Å². The number of H-pyrrole nitrogens is 1. The molecule has 1 N–H and O–H groups in total. The number of piperidine rings is 2. The molecule has 2 aromatic carbocycles. The summed E-state index contributed by atoms with van der Waals surface area (Å²) in [6.45, 7) is 4.48. The van der Waals surface area contributed by atoms with Crippen molar-refractivity contribution in [2.75, 3.05) is 37.7 Å². The Morgan fingerprint density at radius 3 is 2.51 bits per heavy atom. The molecule has 2 fully saturated rings. The first-order chi connectivity index (χ1) is 18.0. The second-order valence-electron chi connectivity index (χ2n) is 9.87. The standard InChI is InChI=1S/C29H32ClN3O4/c1-2-37-29(36)20-12-15-32(16-13-20)28(35)21-9-6-14-33(18-21)26-25(19-7-4-3-5-8-19)23-17-22(30)10-11-24(23)31-27(26)34/h3-5,7-8,10-11,17,20-21H,2,6,9,12-16,18H2,1H3,(H,31,34)/t21-/m1/s1. The van der Waals surface area contributed by atoms with Gasteiger partial charge < -0.3 is 19.5 Å². The Labute approximate surface area is 221 Å². The Bertz CT molecular complexity index is 1350. The van der Waals surface area contributed by atoms with Crippen LogP contribution in [0.25, 0.3) is 22.0 Å². The number of amides is 1. The van der Waals surface area contributed by atoms with Crippen molar-refractivity contribution >= 4 is 40.1 Å². The Hall–Kier alpha value is -3.32. The minimum absolute atomic E-state index is 0.105. The molecule has 5 rings (SSSR count). The first-order valence-electron chi connectivity index (χ1n) is 13.1. The number of aromatic amines is 1. The fourth-order valence-corrected chi connectivity index (χ4v) is 5.86. The smallest absolute Gasteiger partial charge is 0.309 e. The molecule has 2 aliphatic heterocycles.